The first-order valence-corrected chi connectivity index (χ1v) is 7.00. The van der Waals surface area contributed by atoms with E-state index in [2.05, 4.69) is 41.1 Å². The molecule has 21 heavy (non-hydrogen) atoms. The van der Waals surface area contributed by atoms with Crippen LogP contribution in [0.25, 0.3) is 0 Å². The average Bonchev–Trinajstić information content (AvgIpc) is 2.53. The number of rotatable bonds is 6. The molecule has 0 spiro atoms. The lowest BCUT2D eigenvalue weighted by Crippen LogP contribution is -2.32. The zero-order chi connectivity index (χ0) is 15.1. The number of hydrogen-bond acceptors (Lipinski definition) is 2. The quantitative estimate of drug-likeness (QED) is 0.821. The second kappa shape index (κ2) is 7.29. The Hall–Kier alpha value is -2.55. The SMILES string of the molecule is C=C(C)C(=O)NCCN(c1ccccc1)c1ccccc1. The van der Waals surface area contributed by atoms with Gasteiger partial charge in [-0.15, -0.1) is 0 Å². The first-order valence-electron chi connectivity index (χ1n) is 7.00. The van der Waals surface area contributed by atoms with E-state index >= 15 is 0 Å². The maximum Gasteiger partial charge on any atom is 0.246 e. The standard InChI is InChI=1S/C18H20N2O/c1-15(2)18(21)19-13-14-20(16-9-5-3-6-10-16)17-11-7-4-8-12-17/h3-12H,1,13-14H2,2H3,(H,19,21). The maximum absolute atomic E-state index is 11.6. The number of nitrogens with zero attached hydrogens (tertiary/aromatic N) is 1. The van der Waals surface area contributed by atoms with E-state index in [4.69, 9.17) is 0 Å². The van der Waals surface area contributed by atoms with Gasteiger partial charge >= 0.3 is 0 Å². The van der Waals surface area contributed by atoms with Gasteiger partial charge in [0.1, 0.15) is 0 Å². The van der Waals surface area contributed by atoms with E-state index in [0.29, 0.717) is 18.7 Å². The van der Waals surface area contributed by atoms with Crippen LogP contribution in [0.4, 0.5) is 11.4 Å². The average molecular weight is 280 g/mol. The van der Waals surface area contributed by atoms with Gasteiger partial charge in [0.15, 0.2) is 0 Å². The van der Waals surface area contributed by atoms with Crippen molar-refractivity contribution in [1.82, 2.24) is 5.32 Å². The van der Waals surface area contributed by atoms with Crippen molar-refractivity contribution in [3.63, 3.8) is 0 Å². The Morgan fingerprint density at radius 3 is 1.90 bits per heavy atom. The van der Waals surface area contributed by atoms with Crippen LogP contribution in [0.1, 0.15) is 6.92 Å². The minimum absolute atomic E-state index is 0.101. The lowest BCUT2D eigenvalue weighted by atomic mass is 10.2. The predicted octanol–water partition coefficient (Wildman–Crippen LogP) is 3.52. The Morgan fingerprint density at radius 2 is 1.48 bits per heavy atom. The molecule has 0 bridgehead atoms. The highest BCUT2D eigenvalue weighted by Gasteiger charge is 2.09. The van der Waals surface area contributed by atoms with Crippen molar-refractivity contribution in [2.75, 3.05) is 18.0 Å². The molecule has 0 radical (unpaired) electrons. The van der Waals surface area contributed by atoms with Crippen molar-refractivity contribution >= 4 is 17.3 Å². The Kier molecular flexibility index (Phi) is 5.16. The van der Waals surface area contributed by atoms with Gasteiger partial charge in [0.05, 0.1) is 0 Å². The monoisotopic (exact) mass is 280 g/mol. The van der Waals surface area contributed by atoms with Gasteiger partial charge in [-0.05, 0) is 31.2 Å². The third-order valence-corrected chi connectivity index (χ3v) is 3.14. The summed E-state index contributed by atoms with van der Waals surface area (Å²) < 4.78 is 0. The fraction of sp³-hybridized carbons (Fsp3) is 0.167. The molecular formula is C18H20N2O. The number of hydrogen-bond donors (Lipinski definition) is 1. The molecule has 0 atom stereocenters. The highest BCUT2D eigenvalue weighted by Crippen LogP contribution is 2.23. The first kappa shape index (κ1) is 14.9. The third-order valence-electron chi connectivity index (χ3n) is 3.14. The predicted molar refractivity (Wildman–Crippen MR) is 87.7 cm³/mol. The van der Waals surface area contributed by atoms with Gasteiger partial charge in [0.25, 0.3) is 0 Å². The van der Waals surface area contributed by atoms with Gasteiger partial charge < -0.3 is 10.2 Å². The van der Waals surface area contributed by atoms with Crippen LogP contribution in [0.2, 0.25) is 0 Å². The summed E-state index contributed by atoms with van der Waals surface area (Å²) >= 11 is 0. The van der Waals surface area contributed by atoms with Gasteiger partial charge in [-0.2, -0.15) is 0 Å². The summed E-state index contributed by atoms with van der Waals surface area (Å²) in [5.41, 5.74) is 2.74. The van der Waals surface area contributed by atoms with Crippen molar-refractivity contribution in [2.24, 2.45) is 0 Å². The van der Waals surface area contributed by atoms with E-state index < -0.39 is 0 Å². The van der Waals surface area contributed by atoms with Crippen molar-refractivity contribution in [1.29, 1.82) is 0 Å². The smallest absolute Gasteiger partial charge is 0.246 e. The molecule has 0 saturated heterocycles. The number of para-hydroxylation sites is 2. The molecule has 0 aliphatic carbocycles. The largest absolute Gasteiger partial charge is 0.351 e. The molecule has 2 rings (SSSR count). The minimum atomic E-state index is -0.101. The second-order valence-electron chi connectivity index (χ2n) is 4.86. The van der Waals surface area contributed by atoms with E-state index in [0.717, 1.165) is 11.4 Å². The van der Waals surface area contributed by atoms with E-state index in [-0.39, 0.29) is 5.91 Å². The van der Waals surface area contributed by atoms with Crippen LogP contribution in [0.5, 0.6) is 0 Å². The van der Waals surface area contributed by atoms with Crippen LogP contribution in [0.3, 0.4) is 0 Å². The van der Waals surface area contributed by atoms with Crippen LogP contribution < -0.4 is 10.2 Å². The van der Waals surface area contributed by atoms with Crippen molar-refractivity contribution in [3.8, 4) is 0 Å². The van der Waals surface area contributed by atoms with Gasteiger partial charge in [-0.1, -0.05) is 43.0 Å². The molecule has 1 amide bonds. The topological polar surface area (TPSA) is 32.3 Å². The van der Waals surface area contributed by atoms with Crippen molar-refractivity contribution in [3.05, 3.63) is 72.8 Å². The number of carbonyl (C=O) groups excluding carboxylic acids is 1. The molecule has 0 aliphatic rings. The van der Waals surface area contributed by atoms with Crippen LogP contribution in [0.15, 0.2) is 72.8 Å². The summed E-state index contributed by atoms with van der Waals surface area (Å²) in [6.45, 7) is 6.62. The lowest BCUT2D eigenvalue weighted by molar-refractivity contribution is -0.117. The molecule has 2 aromatic carbocycles. The van der Waals surface area contributed by atoms with E-state index in [9.17, 15) is 4.79 Å². The summed E-state index contributed by atoms with van der Waals surface area (Å²) in [5, 5.41) is 2.87. The Balaban J connectivity index is 2.10. The lowest BCUT2D eigenvalue weighted by Gasteiger charge is -2.25. The Bertz CT molecular complexity index is 554. The highest BCUT2D eigenvalue weighted by atomic mass is 16.1. The highest BCUT2D eigenvalue weighted by molar-refractivity contribution is 5.92. The van der Waals surface area contributed by atoms with Crippen molar-refractivity contribution < 1.29 is 4.79 Å². The van der Waals surface area contributed by atoms with Crippen molar-refractivity contribution in [2.45, 2.75) is 6.92 Å². The normalized spacial score (nSPS) is 9.95. The number of benzene rings is 2. The third kappa shape index (κ3) is 4.21. The summed E-state index contributed by atoms with van der Waals surface area (Å²) in [6, 6.07) is 20.3. The molecule has 3 heteroatoms. The fourth-order valence-electron chi connectivity index (χ4n) is 2.06. The maximum atomic E-state index is 11.6. The summed E-state index contributed by atoms with van der Waals surface area (Å²) in [7, 11) is 0. The van der Waals surface area contributed by atoms with E-state index in [1.165, 1.54) is 0 Å². The van der Waals surface area contributed by atoms with Gasteiger partial charge in [0.2, 0.25) is 5.91 Å². The zero-order valence-electron chi connectivity index (χ0n) is 12.3. The first-order chi connectivity index (χ1) is 10.2. The molecule has 0 unspecified atom stereocenters. The number of nitrogens with one attached hydrogen (secondary N) is 1. The number of anilines is 2. The molecule has 1 N–H and O–H groups in total. The molecule has 2 aromatic rings. The van der Waals surface area contributed by atoms with E-state index in [1.807, 2.05) is 36.4 Å². The van der Waals surface area contributed by atoms with Gasteiger partial charge in [0, 0.05) is 30.0 Å². The van der Waals surface area contributed by atoms with Gasteiger partial charge in [-0.3, -0.25) is 4.79 Å². The molecule has 0 aromatic heterocycles. The fourth-order valence-corrected chi connectivity index (χ4v) is 2.06. The Morgan fingerprint density at radius 1 is 1.00 bits per heavy atom. The van der Waals surface area contributed by atoms with Crippen LogP contribution in [-0.4, -0.2) is 19.0 Å². The number of amides is 1. The molecule has 0 aliphatic heterocycles. The zero-order valence-corrected chi connectivity index (χ0v) is 12.3. The molecule has 3 nitrogen and oxygen atoms in total. The van der Waals surface area contributed by atoms with Crippen LogP contribution >= 0.6 is 0 Å². The summed E-state index contributed by atoms with van der Waals surface area (Å²) in [4.78, 5) is 13.7. The van der Waals surface area contributed by atoms with Gasteiger partial charge in [-0.25, -0.2) is 0 Å². The molecule has 0 heterocycles. The molecule has 0 fully saturated rings. The summed E-state index contributed by atoms with van der Waals surface area (Å²) in [6.07, 6.45) is 0. The Labute approximate surface area is 125 Å². The van der Waals surface area contributed by atoms with E-state index in [1.54, 1.807) is 6.92 Å². The molecule has 0 saturated carbocycles. The molecular weight excluding hydrogens is 260 g/mol. The molecule has 108 valence electrons. The minimum Gasteiger partial charge on any atom is -0.351 e. The van der Waals surface area contributed by atoms with Crippen LogP contribution in [-0.2, 0) is 4.79 Å². The second-order valence-corrected chi connectivity index (χ2v) is 4.86. The number of carbonyl (C=O) groups is 1. The summed E-state index contributed by atoms with van der Waals surface area (Å²) in [5.74, 6) is -0.101. The van der Waals surface area contributed by atoms with Crippen LogP contribution in [0, 0.1) is 0 Å².